The molecule has 63 heavy (non-hydrogen) atoms. The molecule has 0 radical (unpaired) electrons. The Morgan fingerprint density at radius 3 is 0.984 bits per heavy atom. The Balaban J connectivity index is 4.39. The van der Waals surface area contributed by atoms with E-state index in [4.69, 9.17) is 14.2 Å². The first-order valence-electron chi connectivity index (χ1n) is 27.5. The number of allylic oxidation sites excluding steroid dienone is 6. The molecule has 0 spiro atoms. The number of hydrogen-bond donors (Lipinski definition) is 0. The van der Waals surface area contributed by atoms with Gasteiger partial charge in [-0.15, -0.1) is 0 Å². The van der Waals surface area contributed by atoms with Gasteiger partial charge in [0, 0.05) is 19.3 Å². The van der Waals surface area contributed by atoms with Crippen LogP contribution < -0.4 is 0 Å². The third-order valence-electron chi connectivity index (χ3n) is 12.1. The van der Waals surface area contributed by atoms with Crippen LogP contribution >= 0.6 is 0 Å². The molecule has 0 aromatic heterocycles. The van der Waals surface area contributed by atoms with Gasteiger partial charge in [0.1, 0.15) is 13.2 Å². The molecule has 1 unspecified atom stereocenters. The summed E-state index contributed by atoms with van der Waals surface area (Å²) < 4.78 is 16.8. The smallest absolute Gasteiger partial charge is 0.306 e. The van der Waals surface area contributed by atoms with Crippen LogP contribution in [0.2, 0.25) is 0 Å². The summed E-state index contributed by atoms with van der Waals surface area (Å²) in [6, 6.07) is 0. The van der Waals surface area contributed by atoms with Gasteiger partial charge in [-0.3, -0.25) is 14.4 Å². The zero-order valence-electron chi connectivity index (χ0n) is 42.1. The highest BCUT2D eigenvalue weighted by molar-refractivity contribution is 5.71. The van der Waals surface area contributed by atoms with Crippen molar-refractivity contribution < 1.29 is 28.6 Å². The van der Waals surface area contributed by atoms with Crippen LogP contribution in [-0.2, 0) is 28.6 Å². The summed E-state index contributed by atoms with van der Waals surface area (Å²) in [6.45, 7) is 6.60. The minimum Gasteiger partial charge on any atom is -0.462 e. The second-order valence-electron chi connectivity index (χ2n) is 18.5. The van der Waals surface area contributed by atoms with E-state index in [1.807, 2.05) is 6.08 Å². The zero-order chi connectivity index (χ0) is 45.8. The SMILES string of the molecule is CCCCCCCC/C=C/C/C=C/CCC(=O)OCC(COC(=O)CCCCCCC/C=C/CCCCCCCCCCC)OC(=O)CCCCCCCCCCCCCCCC. The molecule has 0 bridgehead atoms. The molecule has 0 aromatic carbocycles. The first-order valence-corrected chi connectivity index (χ1v) is 27.5. The summed E-state index contributed by atoms with van der Waals surface area (Å²) in [5.74, 6) is -0.955. The van der Waals surface area contributed by atoms with E-state index in [0.717, 1.165) is 57.8 Å². The van der Waals surface area contributed by atoms with Crippen LogP contribution in [0.4, 0.5) is 0 Å². The highest BCUT2D eigenvalue weighted by Crippen LogP contribution is 2.16. The minimum atomic E-state index is -0.794. The van der Waals surface area contributed by atoms with E-state index in [1.54, 1.807) is 0 Å². The molecule has 6 nitrogen and oxygen atoms in total. The van der Waals surface area contributed by atoms with E-state index in [1.165, 1.54) is 186 Å². The van der Waals surface area contributed by atoms with Crippen LogP contribution in [0.25, 0.3) is 0 Å². The van der Waals surface area contributed by atoms with Crippen LogP contribution in [0, 0.1) is 0 Å². The molecule has 0 saturated heterocycles. The molecule has 1 atom stereocenters. The normalized spacial score (nSPS) is 12.2. The maximum atomic E-state index is 12.8. The molecule has 6 heteroatoms. The summed E-state index contributed by atoms with van der Waals surface area (Å²) in [6.07, 6.45) is 61.4. The Morgan fingerprint density at radius 2 is 0.603 bits per heavy atom. The van der Waals surface area contributed by atoms with E-state index >= 15 is 0 Å². The topological polar surface area (TPSA) is 78.9 Å². The molecular weight excluding hydrogens is 781 g/mol. The van der Waals surface area contributed by atoms with E-state index < -0.39 is 6.10 Å². The third-order valence-corrected chi connectivity index (χ3v) is 12.1. The van der Waals surface area contributed by atoms with Gasteiger partial charge in [-0.1, -0.05) is 243 Å². The zero-order valence-corrected chi connectivity index (χ0v) is 42.1. The second kappa shape index (κ2) is 52.3. The lowest BCUT2D eigenvalue weighted by molar-refractivity contribution is -0.166. The Bertz CT molecular complexity index is 1060. The van der Waals surface area contributed by atoms with Gasteiger partial charge in [0.15, 0.2) is 6.10 Å². The van der Waals surface area contributed by atoms with Crippen molar-refractivity contribution in [2.75, 3.05) is 13.2 Å². The minimum absolute atomic E-state index is 0.0903. The summed E-state index contributed by atoms with van der Waals surface area (Å²) >= 11 is 0. The van der Waals surface area contributed by atoms with Crippen LogP contribution in [0.5, 0.6) is 0 Å². The maximum Gasteiger partial charge on any atom is 0.306 e. The molecular formula is C57H104O6. The quantitative estimate of drug-likeness (QED) is 0.0262. The first kappa shape index (κ1) is 60.6. The van der Waals surface area contributed by atoms with Crippen LogP contribution in [-0.4, -0.2) is 37.2 Å². The van der Waals surface area contributed by atoms with Crippen molar-refractivity contribution in [2.24, 2.45) is 0 Å². The number of carbonyl (C=O) groups is 3. The molecule has 0 aliphatic carbocycles. The molecule has 0 fully saturated rings. The standard InChI is InChI=1S/C57H104O6/c1-4-7-10-13-16-19-22-25-27-28-29-30-33-35-38-41-44-47-50-56(59)62-53-54(52-61-55(58)49-46-43-40-37-34-31-24-21-18-15-12-9-6-3)63-57(60)51-48-45-42-39-36-32-26-23-20-17-14-11-8-5-2/h29-31,34,40,43,54H,4-28,32-33,35-39,41-42,44-53H2,1-3H3/b30-29+,34-31+,43-40+. The van der Waals surface area contributed by atoms with Gasteiger partial charge in [-0.05, 0) is 64.2 Å². The molecule has 0 saturated carbocycles. The Labute approximate surface area is 391 Å². The van der Waals surface area contributed by atoms with E-state index in [-0.39, 0.29) is 37.5 Å². The molecule has 0 aliphatic heterocycles. The predicted molar refractivity (Wildman–Crippen MR) is 270 cm³/mol. The van der Waals surface area contributed by atoms with E-state index in [9.17, 15) is 14.4 Å². The lowest BCUT2D eigenvalue weighted by Crippen LogP contribution is -2.30. The third kappa shape index (κ3) is 50.5. The number of rotatable bonds is 50. The largest absolute Gasteiger partial charge is 0.462 e. The van der Waals surface area contributed by atoms with Crippen LogP contribution in [0.1, 0.15) is 290 Å². The molecule has 0 rings (SSSR count). The fraction of sp³-hybridized carbons (Fsp3) is 0.842. The monoisotopic (exact) mass is 885 g/mol. The van der Waals surface area contributed by atoms with Gasteiger partial charge >= 0.3 is 17.9 Å². The second-order valence-corrected chi connectivity index (χ2v) is 18.5. The van der Waals surface area contributed by atoms with Gasteiger partial charge < -0.3 is 14.2 Å². The predicted octanol–water partition coefficient (Wildman–Crippen LogP) is 18.1. The summed E-state index contributed by atoms with van der Waals surface area (Å²) in [7, 11) is 0. The van der Waals surface area contributed by atoms with Gasteiger partial charge in [-0.25, -0.2) is 0 Å². The van der Waals surface area contributed by atoms with Crippen LogP contribution in [0.3, 0.4) is 0 Å². The highest BCUT2D eigenvalue weighted by atomic mass is 16.6. The average Bonchev–Trinajstić information content (AvgIpc) is 3.28. The van der Waals surface area contributed by atoms with Crippen molar-refractivity contribution in [3.8, 4) is 0 Å². The van der Waals surface area contributed by atoms with Gasteiger partial charge in [0.25, 0.3) is 0 Å². The van der Waals surface area contributed by atoms with E-state index in [0.29, 0.717) is 19.3 Å². The molecule has 0 amide bonds. The number of hydrogen-bond acceptors (Lipinski definition) is 6. The first-order chi connectivity index (χ1) is 31.0. The van der Waals surface area contributed by atoms with Gasteiger partial charge in [0.05, 0.1) is 0 Å². The fourth-order valence-corrected chi connectivity index (χ4v) is 7.96. The van der Waals surface area contributed by atoms with E-state index in [2.05, 4.69) is 51.2 Å². The van der Waals surface area contributed by atoms with Crippen molar-refractivity contribution >= 4 is 17.9 Å². The van der Waals surface area contributed by atoms with Crippen molar-refractivity contribution in [1.82, 2.24) is 0 Å². The van der Waals surface area contributed by atoms with Crippen LogP contribution in [0.15, 0.2) is 36.5 Å². The summed E-state index contributed by atoms with van der Waals surface area (Å²) in [4.78, 5) is 38.0. The number of unbranched alkanes of at least 4 members (excludes halogenated alkanes) is 33. The fourth-order valence-electron chi connectivity index (χ4n) is 7.96. The molecule has 0 aliphatic rings. The molecule has 0 aromatic rings. The Morgan fingerprint density at radius 1 is 0.317 bits per heavy atom. The van der Waals surface area contributed by atoms with Crippen molar-refractivity contribution in [3.63, 3.8) is 0 Å². The van der Waals surface area contributed by atoms with Crippen molar-refractivity contribution in [2.45, 2.75) is 297 Å². The lowest BCUT2D eigenvalue weighted by atomic mass is 10.0. The molecule has 0 heterocycles. The molecule has 0 N–H and O–H groups in total. The summed E-state index contributed by atoms with van der Waals surface area (Å²) in [5.41, 5.74) is 0. The Hall–Kier alpha value is -2.37. The lowest BCUT2D eigenvalue weighted by Gasteiger charge is -2.18. The Kier molecular flexibility index (Phi) is 50.3. The number of carbonyl (C=O) groups excluding carboxylic acids is 3. The number of ether oxygens (including phenoxy) is 3. The van der Waals surface area contributed by atoms with Gasteiger partial charge in [0.2, 0.25) is 0 Å². The number of esters is 3. The van der Waals surface area contributed by atoms with Crippen molar-refractivity contribution in [3.05, 3.63) is 36.5 Å². The highest BCUT2D eigenvalue weighted by Gasteiger charge is 2.19. The summed E-state index contributed by atoms with van der Waals surface area (Å²) in [5, 5.41) is 0. The average molecular weight is 885 g/mol. The van der Waals surface area contributed by atoms with Crippen molar-refractivity contribution in [1.29, 1.82) is 0 Å². The van der Waals surface area contributed by atoms with Gasteiger partial charge in [-0.2, -0.15) is 0 Å². The molecule has 368 valence electrons. The maximum absolute atomic E-state index is 12.8.